The second-order valence-corrected chi connectivity index (χ2v) is 5.01. The Morgan fingerprint density at radius 2 is 1.89 bits per heavy atom. The predicted octanol–water partition coefficient (Wildman–Crippen LogP) is 3.18. The number of aliphatic carboxylic acids is 1. The van der Waals surface area contributed by atoms with Crippen LogP contribution < -0.4 is 0 Å². The van der Waals surface area contributed by atoms with E-state index in [0.717, 1.165) is 18.7 Å². The topological polar surface area (TPSA) is 40.5 Å². The molecule has 0 saturated heterocycles. The molecule has 0 heterocycles. The number of rotatable bonds is 7. The molecule has 1 aromatic rings. The first-order valence-corrected chi connectivity index (χ1v) is 6.55. The molecule has 0 amide bonds. The van der Waals surface area contributed by atoms with Crippen molar-refractivity contribution in [3.05, 3.63) is 35.9 Å². The molecule has 100 valence electrons. The van der Waals surface area contributed by atoms with Crippen LogP contribution >= 0.6 is 0 Å². The first kappa shape index (κ1) is 14.7. The third kappa shape index (κ3) is 4.49. The van der Waals surface area contributed by atoms with Crippen LogP contribution in [0.1, 0.15) is 38.8 Å². The van der Waals surface area contributed by atoms with E-state index in [1.807, 2.05) is 30.3 Å². The van der Waals surface area contributed by atoms with Crippen molar-refractivity contribution in [3.63, 3.8) is 0 Å². The fraction of sp³-hybridized carbons (Fsp3) is 0.533. The Labute approximate surface area is 109 Å². The monoisotopic (exact) mass is 249 g/mol. The molecule has 1 N–H and O–H groups in total. The largest absolute Gasteiger partial charge is 0.481 e. The smallest absolute Gasteiger partial charge is 0.305 e. The Bertz CT molecular complexity index is 362. The molecule has 0 fully saturated rings. The van der Waals surface area contributed by atoms with Gasteiger partial charge in [0, 0.05) is 12.6 Å². The molecule has 1 unspecified atom stereocenters. The van der Waals surface area contributed by atoms with Crippen LogP contribution in [0.15, 0.2) is 30.3 Å². The summed E-state index contributed by atoms with van der Waals surface area (Å²) in [6.45, 7) is 8.19. The van der Waals surface area contributed by atoms with Crippen molar-refractivity contribution < 1.29 is 9.90 Å². The lowest BCUT2D eigenvalue weighted by molar-refractivity contribution is -0.138. The van der Waals surface area contributed by atoms with Crippen LogP contribution in [0.3, 0.4) is 0 Å². The Kier molecular flexibility index (Phi) is 5.86. The Morgan fingerprint density at radius 3 is 2.33 bits per heavy atom. The number of nitrogens with zero attached hydrogens (tertiary/aromatic N) is 1. The van der Waals surface area contributed by atoms with Gasteiger partial charge in [-0.3, -0.25) is 9.69 Å². The zero-order chi connectivity index (χ0) is 13.5. The molecular formula is C15H23NO2. The summed E-state index contributed by atoms with van der Waals surface area (Å²) < 4.78 is 0. The molecule has 3 heteroatoms. The molecule has 1 rings (SSSR count). The predicted molar refractivity (Wildman–Crippen MR) is 73.5 cm³/mol. The van der Waals surface area contributed by atoms with Crippen LogP contribution in [0.2, 0.25) is 0 Å². The number of benzene rings is 1. The van der Waals surface area contributed by atoms with E-state index >= 15 is 0 Å². The Hall–Kier alpha value is -1.35. The summed E-state index contributed by atoms with van der Waals surface area (Å²) in [6, 6.07) is 9.88. The van der Waals surface area contributed by atoms with Gasteiger partial charge in [0.1, 0.15) is 0 Å². The van der Waals surface area contributed by atoms with E-state index in [4.69, 9.17) is 5.11 Å². The van der Waals surface area contributed by atoms with Crippen LogP contribution in [0.5, 0.6) is 0 Å². The maximum atomic E-state index is 11.1. The molecule has 0 bridgehead atoms. The summed E-state index contributed by atoms with van der Waals surface area (Å²) in [5.41, 5.74) is 1.09. The highest BCUT2D eigenvalue weighted by Crippen LogP contribution is 2.25. The van der Waals surface area contributed by atoms with Crippen molar-refractivity contribution in [1.82, 2.24) is 4.90 Å². The summed E-state index contributed by atoms with van der Waals surface area (Å²) >= 11 is 0. The average Bonchev–Trinajstić information content (AvgIpc) is 2.34. The van der Waals surface area contributed by atoms with Gasteiger partial charge in [0.25, 0.3) is 0 Å². The molecule has 0 spiro atoms. The molecule has 18 heavy (non-hydrogen) atoms. The van der Waals surface area contributed by atoms with Crippen LogP contribution in [0, 0.1) is 5.92 Å². The molecular weight excluding hydrogens is 226 g/mol. The lowest BCUT2D eigenvalue weighted by atomic mass is 10.0. The Balaban J connectivity index is 2.92. The number of carbonyl (C=O) groups is 1. The minimum absolute atomic E-state index is 0.0314. The normalized spacial score (nSPS) is 12.9. The van der Waals surface area contributed by atoms with Crippen LogP contribution in [0.25, 0.3) is 0 Å². The summed E-state index contributed by atoms with van der Waals surface area (Å²) in [4.78, 5) is 13.3. The first-order valence-electron chi connectivity index (χ1n) is 6.55. The maximum Gasteiger partial charge on any atom is 0.305 e. The molecule has 0 aromatic heterocycles. The molecule has 0 aliphatic carbocycles. The van der Waals surface area contributed by atoms with Gasteiger partial charge in [-0.25, -0.2) is 0 Å². The van der Waals surface area contributed by atoms with Gasteiger partial charge in [0.15, 0.2) is 0 Å². The van der Waals surface area contributed by atoms with Gasteiger partial charge in [-0.15, -0.1) is 0 Å². The van der Waals surface area contributed by atoms with E-state index in [1.165, 1.54) is 0 Å². The van der Waals surface area contributed by atoms with Crippen molar-refractivity contribution in [2.75, 3.05) is 13.1 Å². The summed E-state index contributed by atoms with van der Waals surface area (Å²) in [7, 11) is 0. The second-order valence-electron chi connectivity index (χ2n) is 5.01. The van der Waals surface area contributed by atoms with Crippen LogP contribution in [0.4, 0.5) is 0 Å². The third-order valence-electron chi connectivity index (χ3n) is 3.00. The van der Waals surface area contributed by atoms with E-state index in [2.05, 4.69) is 25.7 Å². The van der Waals surface area contributed by atoms with Crippen LogP contribution in [-0.2, 0) is 4.79 Å². The fourth-order valence-corrected chi connectivity index (χ4v) is 2.24. The summed E-state index contributed by atoms with van der Waals surface area (Å²) in [5, 5.41) is 9.10. The molecule has 0 radical (unpaired) electrons. The zero-order valence-corrected chi connectivity index (χ0v) is 11.5. The highest BCUT2D eigenvalue weighted by molar-refractivity contribution is 5.67. The average molecular weight is 249 g/mol. The number of carboxylic acid groups (broad SMARTS) is 1. The number of carboxylic acids is 1. The quantitative estimate of drug-likeness (QED) is 0.807. The van der Waals surface area contributed by atoms with Gasteiger partial charge in [-0.1, -0.05) is 51.1 Å². The van der Waals surface area contributed by atoms with Gasteiger partial charge in [0.05, 0.1) is 6.42 Å². The fourth-order valence-electron chi connectivity index (χ4n) is 2.24. The zero-order valence-electron chi connectivity index (χ0n) is 11.5. The third-order valence-corrected chi connectivity index (χ3v) is 3.00. The standard InChI is InChI=1S/C15H23NO2/c1-4-16(11-12(2)3)14(10-15(17)18)13-8-6-5-7-9-13/h5-9,12,14H,4,10-11H2,1-3H3,(H,17,18). The molecule has 1 atom stereocenters. The molecule has 1 aromatic carbocycles. The lowest BCUT2D eigenvalue weighted by Crippen LogP contribution is -2.33. The molecule has 0 aliphatic rings. The van der Waals surface area contributed by atoms with Gasteiger partial charge >= 0.3 is 5.97 Å². The van der Waals surface area contributed by atoms with E-state index in [1.54, 1.807) is 0 Å². The van der Waals surface area contributed by atoms with Crippen molar-refractivity contribution in [2.45, 2.75) is 33.2 Å². The summed E-state index contributed by atoms with van der Waals surface area (Å²) in [5.74, 6) is -0.212. The number of hydrogen-bond donors (Lipinski definition) is 1. The van der Waals surface area contributed by atoms with Gasteiger partial charge < -0.3 is 5.11 Å². The highest BCUT2D eigenvalue weighted by Gasteiger charge is 2.22. The molecule has 0 saturated carbocycles. The van der Waals surface area contributed by atoms with Crippen molar-refractivity contribution >= 4 is 5.97 Å². The van der Waals surface area contributed by atoms with E-state index < -0.39 is 5.97 Å². The Morgan fingerprint density at radius 1 is 1.28 bits per heavy atom. The van der Waals surface area contributed by atoms with E-state index in [0.29, 0.717) is 5.92 Å². The van der Waals surface area contributed by atoms with Gasteiger partial charge in [-0.05, 0) is 18.0 Å². The molecule has 3 nitrogen and oxygen atoms in total. The minimum Gasteiger partial charge on any atom is -0.481 e. The van der Waals surface area contributed by atoms with E-state index in [9.17, 15) is 4.79 Å². The van der Waals surface area contributed by atoms with Crippen molar-refractivity contribution in [3.8, 4) is 0 Å². The minimum atomic E-state index is -0.744. The maximum absolute atomic E-state index is 11.1. The van der Waals surface area contributed by atoms with Crippen molar-refractivity contribution in [2.24, 2.45) is 5.92 Å². The van der Waals surface area contributed by atoms with Crippen LogP contribution in [-0.4, -0.2) is 29.1 Å². The second kappa shape index (κ2) is 7.17. The summed E-state index contributed by atoms with van der Waals surface area (Å²) in [6.07, 6.45) is 0.157. The van der Waals surface area contributed by atoms with E-state index in [-0.39, 0.29) is 12.5 Å². The number of hydrogen-bond acceptors (Lipinski definition) is 2. The lowest BCUT2D eigenvalue weighted by Gasteiger charge is -2.31. The van der Waals surface area contributed by atoms with Gasteiger partial charge in [0.2, 0.25) is 0 Å². The highest BCUT2D eigenvalue weighted by atomic mass is 16.4. The molecule has 0 aliphatic heterocycles. The first-order chi connectivity index (χ1) is 8.54. The van der Waals surface area contributed by atoms with Crippen molar-refractivity contribution in [1.29, 1.82) is 0 Å². The SMILES string of the molecule is CCN(CC(C)C)C(CC(=O)O)c1ccccc1. The van der Waals surface area contributed by atoms with Gasteiger partial charge in [-0.2, -0.15) is 0 Å².